The number of hydrogen-bond acceptors (Lipinski definition) is 2. The maximum Gasteiger partial charge on any atom is 0.315 e. The van der Waals surface area contributed by atoms with Crippen LogP contribution in [0.15, 0.2) is 41.8 Å². The number of carbonyl (C=O) groups is 1. The molecule has 3 nitrogen and oxygen atoms in total. The molecule has 0 saturated heterocycles. The number of amides is 2. The van der Waals surface area contributed by atoms with E-state index in [0.29, 0.717) is 13.1 Å². The molecule has 2 rings (SSSR count). The van der Waals surface area contributed by atoms with E-state index in [1.165, 1.54) is 0 Å². The van der Waals surface area contributed by atoms with Crippen molar-refractivity contribution >= 4 is 29.0 Å². The highest BCUT2D eigenvalue weighted by molar-refractivity contribution is 7.09. The molecule has 0 aliphatic carbocycles. The summed E-state index contributed by atoms with van der Waals surface area (Å²) in [5.74, 6) is 0. The molecule has 0 unspecified atom stereocenters. The molecule has 0 aliphatic heterocycles. The van der Waals surface area contributed by atoms with Crippen molar-refractivity contribution < 1.29 is 4.79 Å². The van der Waals surface area contributed by atoms with E-state index in [-0.39, 0.29) is 6.03 Å². The van der Waals surface area contributed by atoms with Crippen LogP contribution in [0.4, 0.5) is 4.79 Å². The van der Waals surface area contributed by atoms with Crippen LogP contribution in [0.3, 0.4) is 0 Å². The summed E-state index contributed by atoms with van der Waals surface area (Å²) in [6, 6.07) is 11.5. The molecule has 0 aliphatic rings. The third kappa shape index (κ3) is 4.93. The number of thiophene rings is 1. The second kappa shape index (κ2) is 7.16. The molecule has 2 amide bonds. The second-order valence-corrected chi connectivity index (χ2v) is 5.54. The summed E-state index contributed by atoms with van der Waals surface area (Å²) in [7, 11) is 0. The van der Waals surface area contributed by atoms with E-state index in [1.807, 2.05) is 41.8 Å². The average Bonchev–Trinajstić information content (AvgIpc) is 2.89. The lowest BCUT2D eigenvalue weighted by Crippen LogP contribution is -2.36. The fraction of sp³-hybridized carbons (Fsp3) is 0.214. The van der Waals surface area contributed by atoms with Gasteiger partial charge in [-0.25, -0.2) is 4.79 Å². The van der Waals surface area contributed by atoms with Crippen molar-refractivity contribution in [1.29, 1.82) is 0 Å². The van der Waals surface area contributed by atoms with E-state index < -0.39 is 0 Å². The van der Waals surface area contributed by atoms with Crippen LogP contribution in [0.1, 0.15) is 10.4 Å². The number of rotatable bonds is 5. The third-order valence-corrected chi connectivity index (χ3v) is 3.70. The smallest absolute Gasteiger partial charge is 0.315 e. The maximum atomic E-state index is 11.6. The summed E-state index contributed by atoms with van der Waals surface area (Å²) in [5.41, 5.74) is 1.12. The number of carbonyl (C=O) groups excluding carboxylic acids is 1. The SMILES string of the molecule is O=C(NCCc1cccc(Cl)c1)NCc1cccs1. The van der Waals surface area contributed by atoms with E-state index in [0.717, 1.165) is 21.9 Å². The Hall–Kier alpha value is -1.52. The lowest BCUT2D eigenvalue weighted by Gasteiger charge is -2.07. The maximum absolute atomic E-state index is 11.6. The third-order valence-electron chi connectivity index (χ3n) is 2.59. The monoisotopic (exact) mass is 294 g/mol. The molecule has 0 saturated carbocycles. The number of urea groups is 1. The summed E-state index contributed by atoms with van der Waals surface area (Å²) in [4.78, 5) is 12.7. The van der Waals surface area contributed by atoms with Gasteiger partial charge in [-0.05, 0) is 35.6 Å². The van der Waals surface area contributed by atoms with Gasteiger partial charge in [-0.3, -0.25) is 0 Å². The zero-order chi connectivity index (χ0) is 13.5. The summed E-state index contributed by atoms with van der Waals surface area (Å²) in [6.07, 6.45) is 0.771. The number of hydrogen-bond donors (Lipinski definition) is 2. The van der Waals surface area contributed by atoms with Crippen LogP contribution in [-0.2, 0) is 13.0 Å². The first kappa shape index (κ1) is 13.9. The summed E-state index contributed by atoms with van der Waals surface area (Å²) in [5, 5.41) is 8.36. The van der Waals surface area contributed by atoms with Crippen LogP contribution in [0.25, 0.3) is 0 Å². The Morgan fingerprint density at radius 2 is 2.11 bits per heavy atom. The van der Waals surface area contributed by atoms with Crippen molar-refractivity contribution in [3.05, 3.63) is 57.2 Å². The highest BCUT2D eigenvalue weighted by Crippen LogP contribution is 2.10. The second-order valence-electron chi connectivity index (χ2n) is 4.07. The molecule has 0 atom stereocenters. The van der Waals surface area contributed by atoms with E-state index in [4.69, 9.17) is 11.6 Å². The standard InChI is InChI=1S/C14H15ClN2OS/c15-12-4-1-3-11(9-12)6-7-16-14(18)17-10-13-5-2-8-19-13/h1-5,8-9H,6-7,10H2,(H2,16,17,18). The first-order valence-corrected chi connectivity index (χ1v) is 7.28. The molecule has 100 valence electrons. The minimum absolute atomic E-state index is 0.143. The van der Waals surface area contributed by atoms with Gasteiger partial charge in [-0.15, -0.1) is 11.3 Å². The largest absolute Gasteiger partial charge is 0.338 e. The predicted molar refractivity (Wildman–Crippen MR) is 79.7 cm³/mol. The van der Waals surface area contributed by atoms with Crippen LogP contribution in [-0.4, -0.2) is 12.6 Å². The molecule has 5 heteroatoms. The van der Waals surface area contributed by atoms with Gasteiger partial charge >= 0.3 is 6.03 Å². The van der Waals surface area contributed by atoms with Crippen LogP contribution >= 0.6 is 22.9 Å². The van der Waals surface area contributed by atoms with Gasteiger partial charge in [0.05, 0.1) is 6.54 Å². The zero-order valence-corrected chi connectivity index (χ0v) is 11.9. The molecule has 1 aromatic carbocycles. The molecule has 1 heterocycles. The Labute approximate surface area is 121 Å². The molecule has 0 bridgehead atoms. The average molecular weight is 295 g/mol. The lowest BCUT2D eigenvalue weighted by molar-refractivity contribution is 0.240. The van der Waals surface area contributed by atoms with E-state index in [9.17, 15) is 4.79 Å². The van der Waals surface area contributed by atoms with Gasteiger partial charge in [0.2, 0.25) is 0 Å². The minimum Gasteiger partial charge on any atom is -0.338 e. The number of benzene rings is 1. The number of halogens is 1. The molecule has 0 spiro atoms. The van der Waals surface area contributed by atoms with Crippen LogP contribution in [0, 0.1) is 0 Å². The van der Waals surface area contributed by atoms with Gasteiger partial charge in [0.1, 0.15) is 0 Å². The van der Waals surface area contributed by atoms with Gasteiger partial charge in [0, 0.05) is 16.4 Å². The Bertz CT molecular complexity index is 528. The Morgan fingerprint density at radius 3 is 2.84 bits per heavy atom. The van der Waals surface area contributed by atoms with Crippen molar-refractivity contribution in [1.82, 2.24) is 10.6 Å². The summed E-state index contributed by atoms with van der Waals surface area (Å²) < 4.78 is 0. The van der Waals surface area contributed by atoms with Crippen molar-refractivity contribution in [2.24, 2.45) is 0 Å². The molecule has 2 aromatic rings. The number of nitrogens with one attached hydrogen (secondary N) is 2. The molecule has 0 fully saturated rings. The zero-order valence-electron chi connectivity index (χ0n) is 10.4. The van der Waals surface area contributed by atoms with Crippen LogP contribution in [0.5, 0.6) is 0 Å². The van der Waals surface area contributed by atoms with Gasteiger partial charge in [-0.1, -0.05) is 29.8 Å². The first-order chi connectivity index (χ1) is 9.24. The minimum atomic E-state index is -0.143. The van der Waals surface area contributed by atoms with Gasteiger partial charge in [-0.2, -0.15) is 0 Å². The van der Waals surface area contributed by atoms with Crippen molar-refractivity contribution in [2.45, 2.75) is 13.0 Å². The summed E-state index contributed by atoms with van der Waals surface area (Å²) in [6.45, 7) is 1.16. The summed E-state index contributed by atoms with van der Waals surface area (Å²) >= 11 is 7.52. The van der Waals surface area contributed by atoms with Crippen molar-refractivity contribution in [3.63, 3.8) is 0 Å². The highest BCUT2D eigenvalue weighted by Gasteiger charge is 2.01. The molecule has 19 heavy (non-hydrogen) atoms. The van der Waals surface area contributed by atoms with Gasteiger partial charge < -0.3 is 10.6 Å². The lowest BCUT2D eigenvalue weighted by atomic mass is 10.1. The van der Waals surface area contributed by atoms with Crippen molar-refractivity contribution in [2.75, 3.05) is 6.54 Å². The van der Waals surface area contributed by atoms with E-state index in [1.54, 1.807) is 11.3 Å². The van der Waals surface area contributed by atoms with Crippen LogP contribution in [0.2, 0.25) is 5.02 Å². The normalized spacial score (nSPS) is 10.2. The Morgan fingerprint density at radius 1 is 1.21 bits per heavy atom. The first-order valence-electron chi connectivity index (χ1n) is 6.02. The van der Waals surface area contributed by atoms with Crippen molar-refractivity contribution in [3.8, 4) is 0 Å². The molecule has 2 N–H and O–H groups in total. The van der Waals surface area contributed by atoms with Crippen LogP contribution < -0.4 is 10.6 Å². The Balaban J connectivity index is 1.66. The van der Waals surface area contributed by atoms with E-state index >= 15 is 0 Å². The van der Waals surface area contributed by atoms with Gasteiger partial charge in [0.25, 0.3) is 0 Å². The Kier molecular flexibility index (Phi) is 5.24. The molecular formula is C14H15ClN2OS. The fourth-order valence-electron chi connectivity index (χ4n) is 1.66. The van der Waals surface area contributed by atoms with Gasteiger partial charge in [0.15, 0.2) is 0 Å². The predicted octanol–water partition coefficient (Wildman–Crippen LogP) is 3.44. The molecule has 1 aromatic heterocycles. The topological polar surface area (TPSA) is 41.1 Å². The quantitative estimate of drug-likeness (QED) is 0.871. The molecular weight excluding hydrogens is 280 g/mol. The molecule has 0 radical (unpaired) electrons. The highest BCUT2D eigenvalue weighted by atomic mass is 35.5. The fourth-order valence-corrected chi connectivity index (χ4v) is 2.51. The van der Waals surface area contributed by atoms with E-state index in [2.05, 4.69) is 10.6 Å².